The van der Waals surface area contributed by atoms with E-state index in [1.807, 2.05) is 12.1 Å². The van der Waals surface area contributed by atoms with Crippen molar-refractivity contribution in [3.05, 3.63) is 58.6 Å². The zero-order valence-electron chi connectivity index (χ0n) is 11.9. The van der Waals surface area contributed by atoms with E-state index < -0.39 is 0 Å². The van der Waals surface area contributed by atoms with Gasteiger partial charge in [-0.15, -0.1) is 0 Å². The minimum atomic E-state index is -0.359. The van der Waals surface area contributed by atoms with E-state index in [2.05, 4.69) is 26.5 Å². The predicted molar refractivity (Wildman–Crippen MR) is 88.1 cm³/mol. The summed E-state index contributed by atoms with van der Waals surface area (Å²) in [5.41, 5.74) is 3.74. The zero-order valence-corrected chi connectivity index (χ0v) is 13.5. The maximum atomic E-state index is 11.7. The Morgan fingerprint density at radius 1 is 1.27 bits per heavy atom. The first-order valence-corrected chi connectivity index (χ1v) is 7.35. The molecule has 0 fully saturated rings. The summed E-state index contributed by atoms with van der Waals surface area (Å²) in [5.74, 6) is 0.395. The number of nitrogens with one attached hydrogen (secondary N) is 1. The second-order valence-corrected chi connectivity index (χ2v) is 5.44. The molecule has 0 unspecified atom stereocenters. The minimum absolute atomic E-state index is 0.127. The van der Waals surface area contributed by atoms with Gasteiger partial charge in [-0.1, -0.05) is 28.1 Å². The van der Waals surface area contributed by atoms with Gasteiger partial charge in [0.1, 0.15) is 11.5 Å². The zero-order chi connectivity index (χ0) is 15.9. The van der Waals surface area contributed by atoms with Crippen molar-refractivity contribution in [2.75, 3.05) is 6.61 Å². The molecule has 0 aromatic heterocycles. The van der Waals surface area contributed by atoms with Gasteiger partial charge in [0.15, 0.2) is 6.61 Å². The second kappa shape index (κ2) is 7.61. The molecule has 1 amide bonds. The lowest BCUT2D eigenvalue weighted by Gasteiger charge is -2.06. The Kier molecular flexibility index (Phi) is 5.55. The van der Waals surface area contributed by atoms with Gasteiger partial charge in [-0.3, -0.25) is 4.79 Å². The molecule has 0 spiro atoms. The third-order valence-corrected chi connectivity index (χ3v) is 3.32. The summed E-state index contributed by atoms with van der Waals surface area (Å²) in [6.45, 7) is 1.61. The fraction of sp³-hybridized carbons (Fsp3) is 0.125. The Morgan fingerprint density at radius 2 is 2.00 bits per heavy atom. The predicted octanol–water partition coefficient (Wildman–Crippen LogP) is 3.07. The van der Waals surface area contributed by atoms with Crippen LogP contribution in [0.2, 0.25) is 0 Å². The quantitative estimate of drug-likeness (QED) is 0.634. The number of aromatic hydroxyl groups is 1. The van der Waals surface area contributed by atoms with Crippen molar-refractivity contribution in [1.82, 2.24) is 5.43 Å². The maximum absolute atomic E-state index is 11.7. The standard InChI is InChI=1S/C16H15BrN2O3/c1-11(12-3-2-4-14(20)9-12)18-19-16(21)10-22-15-7-5-13(17)6-8-15/h2-9,20H,10H2,1H3,(H,19,21)/b18-11-. The third kappa shape index (κ3) is 4.89. The molecular weight excluding hydrogens is 348 g/mol. The average Bonchev–Trinajstić information content (AvgIpc) is 2.52. The molecule has 2 N–H and O–H groups in total. The summed E-state index contributed by atoms with van der Waals surface area (Å²) < 4.78 is 6.28. The van der Waals surface area contributed by atoms with Gasteiger partial charge in [0.25, 0.3) is 5.91 Å². The van der Waals surface area contributed by atoms with E-state index in [-0.39, 0.29) is 18.3 Å². The fourth-order valence-electron chi connectivity index (χ4n) is 1.65. The molecule has 0 radical (unpaired) electrons. The number of hydrazone groups is 1. The van der Waals surface area contributed by atoms with E-state index in [1.54, 1.807) is 43.3 Å². The highest BCUT2D eigenvalue weighted by Gasteiger charge is 2.03. The molecule has 114 valence electrons. The minimum Gasteiger partial charge on any atom is -0.508 e. The summed E-state index contributed by atoms with van der Waals surface area (Å²) in [4.78, 5) is 11.7. The van der Waals surface area contributed by atoms with Gasteiger partial charge < -0.3 is 9.84 Å². The highest BCUT2D eigenvalue weighted by molar-refractivity contribution is 9.10. The number of carbonyl (C=O) groups is 1. The van der Waals surface area contributed by atoms with Crippen LogP contribution in [-0.2, 0) is 4.79 Å². The van der Waals surface area contributed by atoms with Crippen LogP contribution in [0.5, 0.6) is 11.5 Å². The van der Waals surface area contributed by atoms with E-state index in [0.29, 0.717) is 11.5 Å². The van der Waals surface area contributed by atoms with Crippen LogP contribution in [0.3, 0.4) is 0 Å². The summed E-state index contributed by atoms with van der Waals surface area (Å²) in [7, 11) is 0. The number of benzene rings is 2. The van der Waals surface area contributed by atoms with E-state index in [1.165, 1.54) is 0 Å². The first-order valence-electron chi connectivity index (χ1n) is 6.55. The molecule has 2 aromatic carbocycles. The number of rotatable bonds is 5. The van der Waals surface area contributed by atoms with Gasteiger partial charge in [0.05, 0.1) is 5.71 Å². The Balaban J connectivity index is 1.86. The number of hydrogen-bond acceptors (Lipinski definition) is 4. The first kappa shape index (κ1) is 16.0. The lowest BCUT2D eigenvalue weighted by atomic mass is 10.1. The molecule has 0 heterocycles. The number of halogens is 1. The topological polar surface area (TPSA) is 70.9 Å². The molecule has 6 heteroatoms. The van der Waals surface area contributed by atoms with Gasteiger partial charge in [-0.05, 0) is 43.3 Å². The Morgan fingerprint density at radius 3 is 2.68 bits per heavy atom. The van der Waals surface area contributed by atoms with Gasteiger partial charge in [0, 0.05) is 10.0 Å². The number of amides is 1. The van der Waals surface area contributed by atoms with Crippen LogP contribution in [0.15, 0.2) is 58.1 Å². The molecule has 0 atom stereocenters. The molecule has 2 aromatic rings. The van der Waals surface area contributed by atoms with Crippen LogP contribution in [0.4, 0.5) is 0 Å². The van der Waals surface area contributed by atoms with Crippen molar-refractivity contribution >= 4 is 27.5 Å². The Hall–Kier alpha value is -2.34. The number of phenolic OH excluding ortho intramolecular Hbond substituents is 1. The third-order valence-electron chi connectivity index (χ3n) is 2.80. The smallest absolute Gasteiger partial charge is 0.277 e. The lowest BCUT2D eigenvalue weighted by Crippen LogP contribution is -2.25. The maximum Gasteiger partial charge on any atom is 0.277 e. The molecule has 0 bridgehead atoms. The van der Waals surface area contributed by atoms with Crippen molar-refractivity contribution in [2.24, 2.45) is 5.10 Å². The largest absolute Gasteiger partial charge is 0.508 e. The summed E-state index contributed by atoms with van der Waals surface area (Å²) in [6, 6.07) is 13.8. The summed E-state index contributed by atoms with van der Waals surface area (Å²) >= 11 is 3.32. The fourth-order valence-corrected chi connectivity index (χ4v) is 1.92. The van der Waals surface area contributed by atoms with Crippen molar-refractivity contribution in [2.45, 2.75) is 6.92 Å². The molecule has 0 aliphatic heterocycles. The number of nitrogens with zero attached hydrogens (tertiary/aromatic N) is 1. The monoisotopic (exact) mass is 362 g/mol. The normalized spacial score (nSPS) is 11.1. The van der Waals surface area contributed by atoms with Crippen molar-refractivity contribution < 1.29 is 14.6 Å². The van der Waals surface area contributed by atoms with E-state index in [4.69, 9.17) is 4.74 Å². The molecule has 2 rings (SSSR count). The van der Waals surface area contributed by atoms with Crippen LogP contribution in [0.25, 0.3) is 0 Å². The van der Waals surface area contributed by atoms with Crippen molar-refractivity contribution in [3.8, 4) is 11.5 Å². The highest BCUT2D eigenvalue weighted by atomic mass is 79.9. The molecule has 22 heavy (non-hydrogen) atoms. The molecule has 0 aliphatic rings. The summed E-state index contributed by atoms with van der Waals surface area (Å²) in [6.07, 6.45) is 0. The highest BCUT2D eigenvalue weighted by Crippen LogP contribution is 2.15. The molecule has 5 nitrogen and oxygen atoms in total. The molecule has 0 aliphatic carbocycles. The number of hydrogen-bond donors (Lipinski definition) is 2. The number of carbonyl (C=O) groups excluding carboxylic acids is 1. The van der Waals surface area contributed by atoms with E-state index >= 15 is 0 Å². The van der Waals surface area contributed by atoms with Crippen LogP contribution in [0.1, 0.15) is 12.5 Å². The van der Waals surface area contributed by atoms with E-state index in [9.17, 15) is 9.90 Å². The van der Waals surface area contributed by atoms with Crippen LogP contribution in [-0.4, -0.2) is 23.3 Å². The first-order chi connectivity index (χ1) is 10.5. The van der Waals surface area contributed by atoms with Gasteiger partial charge in [0.2, 0.25) is 0 Å². The SMILES string of the molecule is C/C(=N/NC(=O)COc1ccc(Br)cc1)c1cccc(O)c1. The molecule has 0 saturated heterocycles. The van der Waals surface area contributed by atoms with Gasteiger partial charge in [-0.2, -0.15) is 5.10 Å². The van der Waals surface area contributed by atoms with Crippen LogP contribution in [0, 0.1) is 0 Å². The van der Waals surface area contributed by atoms with Gasteiger partial charge >= 0.3 is 0 Å². The number of phenols is 1. The Bertz CT molecular complexity index is 684. The van der Waals surface area contributed by atoms with Gasteiger partial charge in [-0.25, -0.2) is 5.43 Å². The van der Waals surface area contributed by atoms with Crippen molar-refractivity contribution in [1.29, 1.82) is 0 Å². The molecule has 0 saturated carbocycles. The lowest BCUT2D eigenvalue weighted by molar-refractivity contribution is -0.123. The Labute approximate surface area is 136 Å². The molecular formula is C16H15BrN2O3. The van der Waals surface area contributed by atoms with Crippen LogP contribution >= 0.6 is 15.9 Å². The summed E-state index contributed by atoms with van der Waals surface area (Å²) in [5, 5.41) is 13.4. The van der Waals surface area contributed by atoms with Crippen LogP contribution < -0.4 is 10.2 Å². The van der Waals surface area contributed by atoms with Crippen molar-refractivity contribution in [3.63, 3.8) is 0 Å². The number of ether oxygens (including phenoxy) is 1. The van der Waals surface area contributed by atoms with E-state index in [0.717, 1.165) is 10.0 Å². The average molecular weight is 363 g/mol. The second-order valence-electron chi connectivity index (χ2n) is 4.53.